The maximum atomic E-state index is 6.06. The summed E-state index contributed by atoms with van der Waals surface area (Å²) in [6.45, 7) is 10.5. The second-order valence-corrected chi connectivity index (χ2v) is 7.70. The molecule has 0 aliphatic carbocycles. The maximum Gasteiger partial charge on any atom is 0.191 e. The van der Waals surface area contributed by atoms with Crippen molar-refractivity contribution in [3.05, 3.63) is 77.9 Å². The molecular formula is C26H36IN3O3. The summed E-state index contributed by atoms with van der Waals surface area (Å²) in [5.74, 6) is 1.63. The van der Waals surface area contributed by atoms with Gasteiger partial charge in [0.15, 0.2) is 5.96 Å². The van der Waals surface area contributed by atoms with Crippen LogP contribution in [0.1, 0.15) is 36.5 Å². The summed E-state index contributed by atoms with van der Waals surface area (Å²) in [6.07, 6.45) is 4.00. The molecule has 1 heterocycles. The highest BCUT2D eigenvalue weighted by Crippen LogP contribution is 2.18. The largest absolute Gasteiger partial charge is 0.489 e. The molecular weight excluding hydrogens is 529 g/mol. The summed E-state index contributed by atoms with van der Waals surface area (Å²) in [7, 11) is 0. The fraction of sp³-hybridized carbons (Fsp3) is 0.423. The molecule has 0 saturated carbocycles. The Kier molecular flexibility index (Phi) is 12.9. The minimum atomic E-state index is 0. The Hall–Kier alpha value is -2.10. The van der Waals surface area contributed by atoms with Gasteiger partial charge in [-0.25, -0.2) is 4.99 Å². The lowest BCUT2D eigenvalue weighted by molar-refractivity contribution is -0.0390. The first kappa shape index (κ1) is 27.1. The van der Waals surface area contributed by atoms with Gasteiger partial charge in [-0.05, 0) is 37.0 Å². The van der Waals surface area contributed by atoms with Crippen LogP contribution in [-0.4, -0.2) is 38.4 Å². The first-order chi connectivity index (χ1) is 15.8. The van der Waals surface area contributed by atoms with Gasteiger partial charge in [-0.3, -0.25) is 0 Å². The first-order valence-corrected chi connectivity index (χ1v) is 11.4. The zero-order valence-electron chi connectivity index (χ0n) is 19.4. The number of hydrogen-bond acceptors (Lipinski definition) is 4. The molecule has 2 aromatic carbocycles. The highest BCUT2D eigenvalue weighted by molar-refractivity contribution is 14.0. The van der Waals surface area contributed by atoms with Gasteiger partial charge in [0.05, 0.1) is 19.3 Å². The third-order valence-corrected chi connectivity index (χ3v) is 5.18. The van der Waals surface area contributed by atoms with Crippen molar-refractivity contribution in [2.75, 3.05) is 26.4 Å². The Morgan fingerprint density at radius 3 is 2.70 bits per heavy atom. The van der Waals surface area contributed by atoms with E-state index in [1.54, 1.807) is 6.08 Å². The van der Waals surface area contributed by atoms with Gasteiger partial charge < -0.3 is 24.8 Å². The number of benzene rings is 2. The number of guanidine groups is 1. The van der Waals surface area contributed by atoms with Crippen molar-refractivity contribution in [3.63, 3.8) is 0 Å². The quantitative estimate of drug-likeness (QED) is 0.177. The van der Waals surface area contributed by atoms with Crippen LogP contribution in [-0.2, 0) is 29.2 Å². The molecule has 0 bridgehead atoms. The molecule has 0 amide bonds. The van der Waals surface area contributed by atoms with Gasteiger partial charge in [0.2, 0.25) is 0 Å². The van der Waals surface area contributed by atoms with Crippen molar-refractivity contribution in [2.24, 2.45) is 4.99 Å². The molecule has 0 radical (unpaired) electrons. The van der Waals surface area contributed by atoms with Crippen LogP contribution in [0.4, 0.5) is 0 Å². The highest BCUT2D eigenvalue weighted by Gasteiger charge is 2.14. The molecule has 1 saturated heterocycles. The van der Waals surface area contributed by atoms with Crippen LogP contribution < -0.4 is 15.4 Å². The molecule has 33 heavy (non-hydrogen) atoms. The van der Waals surface area contributed by atoms with Gasteiger partial charge >= 0.3 is 0 Å². The van der Waals surface area contributed by atoms with Crippen LogP contribution in [0.25, 0.3) is 0 Å². The predicted octanol–water partition coefficient (Wildman–Crippen LogP) is 4.82. The molecule has 0 atom stereocenters. The highest BCUT2D eigenvalue weighted by atomic mass is 127. The fourth-order valence-electron chi connectivity index (χ4n) is 3.50. The van der Waals surface area contributed by atoms with Gasteiger partial charge in [-0.1, -0.05) is 55.1 Å². The van der Waals surface area contributed by atoms with Crippen molar-refractivity contribution < 1.29 is 14.2 Å². The molecule has 6 nitrogen and oxygen atoms in total. The van der Waals surface area contributed by atoms with Crippen molar-refractivity contribution in [1.82, 2.24) is 10.6 Å². The molecule has 3 rings (SSSR count). The average molecular weight is 565 g/mol. The second kappa shape index (κ2) is 15.7. The van der Waals surface area contributed by atoms with Gasteiger partial charge in [0.25, 0.3) is 0 Å². The summed E-state index contributed by atoms with van der Waals surface area (Å²) in [5.41, 5.74) is 3.41. The Morgan fingerprint density at radius 1 is 1.12 bits per heavy atom. The third kappa shape index (κ3) is 9.73. The van der Waals surface area contributed by atoms with E-state index in [0.717, 1.165) is 55.4 Å². The summed E-state index contributed by atoms with van der Waals surface area (Å²) in [4.78, 5) is 4.76. The SMILES string of the molecule is C=CCOc1ccccc1CNC(=NCc1cccc(COC2CCOCC2)c1)NCC.I. The minimum absolute atomic E-state index is 0. The monoisotopic (exact) mass is 565 g/mol. The molecule has 0 spiro atoms. The molecule has 2 aromatic rings. The molecule has 180 valence electrons. The molecule has 2 N–H and O–H groups in total. The van der Waals surface area contributed by atoms with Gasteiger partial charge in [-0.2, -0.15) is 0 Å². The van der Waals surface area contributed by atoms with E-state index in [9.17, 15) is 0 Å². The normalized spacial score (nSPS) is 14.3. The Bertz CT molecular complexity index is 869. The Labute approximate surface area is 214 Å². The maximum absolute atomic E-state index is 6.06. The lowest BCUT2D eigenvalue weighted by Gasteiger charge is -2.22. The van der Waals surface area contributed by atoms with Crippen molar-refractivity contribution in [3.8, 4) is 5.75 Å². The first-order valence-electron chi connectivity index (χ1n) is 11.4. The van der Waals surface area contributed by atoms with Gasteiger partial charge in [0.1, 0.15) is 12.4 Å². The van der Waals surface area contributed by atoms with E-state index in [2.05, 4.69) is 54.5 Å². The standard InChI is InChI=1S/C26H35N3O3.HI/c1-3-14-31-25-11-6-5-10-23(25)19-29-26(27-4-2)28-18-21-8-7-9-22(17-21)20-32-24-12-15-30-16-13-24;/h3,5-11,17,24H,1,4,12-16,18-20H2,2H3,(H2,27,28,29);1H. The number of aliphatic imine (C=N–C) groups is 1. The lowest BCUT2D eigenvalue weighted by atomic mass is 10.1. The van der Waals surface area contributed by atoms with Crippen LogP contribution >= 0.6 is 24.0 Å². The number of nitrogens with zero attached hydrogens (tertiary/aromatic N) is 1. The van der Waals surface area contributed by atoms with E-state index in [0.29, 0.717) is 32.4 Å². The average Bonchev–Trinajstić information content (AvgIpc) is 2.84. The lowest BCUT2D eigenvalue weighted by Crippen LogP contribution is -2.36. The van der Waals surface area contributed by atoms with Crippen molar-refractivity contribution in [1.29, 1.82) is 0 Å². The molecule has 0 unspecified atom stereocenters. The van der Waals surface area contributed by atoms with Crippen LogP contribution in [0.3, 0.4) is 0 Å². The Morgan fingerprint density at radius 2 is 1.91 bits per heavy atom. The predicted molar refractivity (Wildman–Crippen MR) is 144 cm³/mol. The van der Waals surface area contributed by atoms with Crippen LogP contribution in [0.2, 0.25) is 0 Å². The van der Waals surface area contributed by atoms with Crippen molar-refractivity contribution >= 4 is 29.9 Å². The van der Waals surface area contributed by atoms with E-state index < -0.39 is 0 Å². The summed E-state index contributed by atoms with van der Waals surface area (Å²) in [5, 5.41) is 6.72. The van der Waals surface area contributed by atoms with E-state index in [1.165, 1.54) is 5.56 Å². The molecule has 0 aromatic heterocycles. The number of hydrogen-bond donors (Lipinski definition) is 2. The van der Waals surface area contributed by atoms with Crippen LogP contribution in [0, 0.1) is 0 Å². The number of rotatable bonds is 11. The number of para-hydroxylation sites is 1. The summed E-state index contributed by atoms with van der Waals surface area (Å²) >= 11 is 0. The smallest absolute Gasteiger partial charge is 0.191 e. The minimum Gasteiger partial charge on any atom is -0.489 e. The van der Waals surface area contributed by atoms with E-state index >= 15 is 0 Å². The molecule has 1 fully saturated rings. The zero-order valence-corrected chi connectivity index (χ0v) is 21.8. The van der Waals surface area contributed by atoms with E-state index in [1.807, 2.05) is 18.2 Å². The van der Waals surface area contributed by atoms with E-state index in [4.69, 9.17) is 19.2 Å². The number of ether oxygens (including phenoxy) is 3. The summed E-state index contributed by atoms with van der Waals surface area (Å²) in [6, 6.07) is 16.5. The molecule has 1 aliphatic heterocycles. The molecule has 7 heteroatoms. The van der Waals surface area contributed by atoms with Crippen LogP contribution in [0.15, 0.2) is 66.2 Å². The third-order valence-electron chi connectivity index (χ3n) is 5.18. The number of nitrogens with one attached hydrogen (secondary N) is 2. The van der Waals surface area contributed by atoms with Crippen LogP contribution in [0.5, 0.6) is 5.75 Å². The van der Waals surface area contributed by atoms with E-state index in [-0.39, 0.29) is 24.0 Å². The zero-order chi connectivity index (χ0) is 22.4. The number of halogens is 1. The topological polar surface area (TPSA) is 64.1 Å². The fourth-order valence-corrected chi connectivity index (χ4v) is 3.50. The summed E-state index contributed by atoms with van der Waals surface area (Å²) < 4.78 is 17.2. The second-order valence-electron chi connectivity index (χ2n) is 7.70. The van der Waals surface area contributed by atoms with Gasteiger partial charge in [-0.15, -0.1) is 24.0 Å². The Balaban J connectivity index is 0.00000385. The molecule has 1 aliphatic rings. The van der Waals surface area contributed by atoms with Gasteiger partial charge in [0, 0.05) is 31.9 Å². The van der Waals surface area contributed by atoms with Crippen molar-refractivity contribution in [2.45, 2.75) is 45.6 Å².